The van der Waals surface area contributed by atoms with E-state index in [1.54, 1.807) is 18.6 Å². The molecule has 0 bridgehead atoms. The van der Waals surface area contributed by atoms with Crippen LogP contribution in [-0.2, 0) is 17.1 Å². The number of rotatable bonds is 3. The molecule has 21 heavy (non-hydrogen) atoms. The Balaban J connectivity index is 2.10. The maximum absolute atomic E-state index is 11.9. The molecule has 1 fully saturated rings. The molecule has 1 saturated heterocycles. The van der Waals surface area contributed by atoms with Gasteiger partial charge in [0.25, 0.3) is 0 Å². The minimum atomic E-state index is -3.26. The van der Waals surface area contributed by atoms with Gasteiger partial charge in [-0.25, -0.2) is 18.4 Å². The number of sulfonamides is 1. The average Bonchev–Trinajstić information content (AvgIpc) is 3.06. The highest BCUT2D eigenvalue weighted by atomic mass is 32.2. The van der Waals surface area contributed by atoms with Crippen molar-refractivity contribution in [3.8, 4) is 11.5 Å². The average molecular weight is 307 g/mol. The molecule has 3 heterocycles. The van der Waals surface area contributed by atoms with Crippen LogP contribution in [0.2, 0.25) is 0 Å². The Labute approximate surface area is 123 Å². The van der Waals surface area contributed by atoms with Crippen LogP contribution in [0.25, 0.3) is 11.5 Å². The molecule has 7 nitrogen and oxygen atoms in total. The van der Waals surface area contributed by atoms with E-state index in [0.29, 0.717) is 23.8 Å². The van der Waals surface area contributed by atoms with Gasteiger partial charge in [-0.1, -0.05) is 0 Å². The molecule has 0 radical (unpaired) electrons. The minimum Gasteiger partial charge on any atom is -0.333 e. The Bertz CT molecular complexity index is 755. The monoisotopic (exact) mass is 307 g/mol. The normalized spacial score (nSPS) is 20.0. The first-order valence-corrected chi connectivity index (χ1v) is 8.58. The second kappa shape index (κ2) is 5.19. The zero-order chi connectivity index (χ0) is 15.0. The highest BCUT2D eigenvalue weighted by Crippen LogP contribution is 2.36. The van der Waals surface area contributed by atoms with Crippen LogP contribution in [0.3, 0.4) is 0 Å². The fraction of sp³-hybridized carbons (Fsp3) is 0.462. The first-order valence-electron chi connectivity index (χ1n) is 6.74. The summed E-state index contributed by atoms with van der Waals surface area (Å²) in [7, 11) is -1.38. The van der Waals surface area contributed by atoms with Crippen LogP contribution in [-0.4, -0.2) is 45.0 Å². The van der Waals surface area contributed by atoms with Crippen molar-refractivity contribution in [3.05, 3.63) is 30.5 Å². The lowest BCUT2D eigenvalue weighted by atomic mass is 10.1. The van der Waals surface area contributed by atoms with Gasteiger partial charge in [0.05, 0.1) is 18.0 Å². The molecule has 0 unspecified atom stereocenters. The SMILES string of the molecule is Cn1ccnc1-c1nccnc1[C@@H]1CCCN1S(C)(=O)=O. The Morgan fingerprint density at radius 1 is 1.19 bits per heavy atom. The number of hydrogen-bond acceptors (Lipinski definition) is 5. The number of aromatic nitrogens is 4. The Morgan fingerprint density at radius 2 is 1.95 bits per heavy atom. The van der Waals surface area contributed by atoms with E-state index < -0.39 is 10.0 Å². The lowest BCUT2D eigenvalue weighted by molar-refractivity contribution is 0.394. The lowest BCUT2D eigenvalue weighted by Gasteiger charge is -2.22. The van der Waals surface area contributed by atoms with Gasteiger partial charge in [-0.2, -0.15) is 4.31 Å². The highest BCUT2D eigenvalue weighted by molar-refractivity contribution is 7.88. The Morgan fingerprint density at radius 3 is 2.62 bits per heavy atom. The van der Waals surface area contributed by atoms with Gasteiger partial charge < -0.3 is 4.57 Å². The summed E-state index contributed by atoms with van der Waals surface area (Å²) in [6, 6.07) is -0.264. The molecule has 0 N–H and O–H groups in total. The van der Waals surface area contributed by atoms with Gasteiger partial charge in [-0.3, -0.25) is 4.98 Å². The van der Waals surface area contributed by atoms with Crippen molar-refractivity contribution < 1.29 is 8.42 Å². The smallest absolute Gasteiger partial charge is 0.211 e. The molecule has 0 aromatic carbocycles. The summed E-state index contributed by atoms with van der Waals surface area (Å²) in [6.45, 7) is 0.528. The largest absolute Gasteiger partial charge is 0.333 e. The summed E-state index contributed by atoms with van der Waals surface area (Å²) in [5.74, 6) is 0.693. The van der Waals surface area contributed by atoms with Gasteiger partial charge in [0.1, 0.15) is 5.69 Å². The molecule has 3 rings (SSSR count). The van der Waals surface area contributed by atoms with Gasteiger partial charge in [0.15, 0.2) is 5.82 Å². The van der Waals surface area contributed by atoms with Crippen LogP contribution in [0.15, 0.2) is 24.8 Å². The summed E-state index contributed by atoms with van der Waals surface area (Å²) < 4.78 is 27.2. The third-order valence-corrected chi connectivity index (χ3v) is 4.99. The second-order valence-corrected chi connectivity index (χ2v) is 7.12. The van der Waals surface area contributed by atoms with Crippen molar-refractivity contribution in [1.29, 1.82) is 0 Å². The van der Waals surface area contributed by atoms with E-state index in [9.17, 15) is 8.42 Å². The lowest BCUT2D eigenvalue weighted by Crippen LogP contribution is -2.30. The summed E-state index contributed by atoms with van der Waals surface area (Å²) in [4.78, 5) is 13.1. The fourth-order valence-electron chi connectivity index (χ4n) is 2.77. The molecule has 1 aliphatic rings. The zero-order valence-electron chi connectivity index (χ0n) is 12.0. The van der Waals surface area contributed by atoms with E-state index in [0.717, 1.165) is 12.8 Å². The van der Waals surface area contributed by atoms with Gasteiger partial charge in [0.2, 0.25) is 10.0 Å². The molecule has 0 aliphatic carbocycles. The molecule has 8 heteroatoms. The molecule has 0 spiro atoms. The maximum atomic E-state index is 11.9. The van der Waals surface area contributed by atoms with Gasteiger partial charge in [-0.05, 0) is 12.8 Å². The van der Waals surface area contributed by atoms with Crippen LogP contribution in [0.4, 0.5) is 0 Å². The molecule has 2 aromatic heterocycles. The van der Waals surface area contributed by atoms with Crippen LogP contribution < -0.4 is 0 Å². The van der Waals surface area contributed by atoms with E-state index in [-0.39, 0.29) is 6.04 Å². The first-order chi connectivity index (χ1) is 9.98. The van der Waals surface area contributed by atoms with Crippen molar-refractivity contribution in [2.45, 2.75) is 18.9 Å². The third kappa shape index (κ3) is 2.56. The number of hydrogen-bond donors (Lipinski definition) is 0. The van der Waals surface area contributed by atoms with E-state index in [4.69, 9.17) is 0 Å². The molecule has 1 atom stereocenters. The summed E-state index contributed by atoms with van der Waals surface area (Å²) >= 11 is 0. The minimum absolute atomic E-state index is 0.264. The molecular weight excluding hydrogens is 290 g/mol. The van der Waals surface area contributed by atoms with E-state index >= 15 is 0 Å². The molecule has 0 saturated carbocycles. The van der Waals surface area contributed by atoms with Gasteiger partial charge in [-0.15, -0.1) is 0 Å². The van der Waals surface area contributed by atoms with Crippen molar-refractivity contribution >= 4 is 10.0 Å². The predicted molar refractivity (Wildman–Crippen MR) is 77.8 cm³/mol. The number of nitrogens with zero attached hydrogens (tertiary/aromatic N) is 5. The van der Waals surface area contributed by atoms with Crippen LogP contribution >= 0.6 is 0 Å². The fourth-order valence-corrected chi connectivity index (χ4v) is 3.90. The van der Waals surface area contributed by atoms with Crippen LogP contribution in [0.5, 0.6) is 0 Å². The van der Waals surface area contributed by atoms with E-state index in [1.165, 1.54) is 10.6 Å². The van der Waals surface area contributed by atoms with Crippen molar-refractivity contribution in [3.63, 3.8) is 0 Å². The highest BCUT2D eigenvalue weighted by Gasteiger charge is 2.35. The van der Waals surface area contributed by atoms with Crippen LogP contribution in [0.1, 0.15) is 24.6 Å². The Kier molecular flexibility index (Phi) is 3.50. The zero-order valence-corrected chi connectivity index (χ0v) is 12.8. The topological polar surface area (TPSA) is 81.0 Å². The summed E-state index contributed by atoms with van der Waals surface area (Å²) in [5.41, 5.74) is 1.32. The number of imidazole rings is 1. The van der Waals surface area contributed by atoms with Gasteiger partial charge in [0, 0.05) is 38.4 Å². The predicted octanol–water partition coefficient (Wildman–Crippen LogP) is 0.974. The van der Waals surface area contributed by atoms with E-state index in [1.807, 2.05) is 17.8 Å². The molecular formula is C13H17N5O2S. The van der Waals surface area contributed by atoms with Crippen molar-refractivity contribution in [2.24, 2.45) is 7.05 Å². The van der Waals surface area contributed by atoms with Gasteiger partial charge >= 0.3 is 0 Å². The van der Waals surface area contributed by atoms with Crippen molar-refractivity contribution in [1.82, 2.24) is 23.8 Å². The summed E-state index contributed by atoms with van der Waals surface area (Å²) in [6.07, 6.45) is 9.54. The molecule has 112 valence electrons. The third-order valence-electron chi connectivity index (χ3n) is 3.70. The van der Waals surface area contributed by atoms with Crippen molar-refractivity contribution in [2.75, 3.05) is 12.8 Å². The number of aryl methyl sites for hydroxylation is 1. The first kappa shape index (κ1) is 14.2. The molecule has 2 aromatic rings. The molecule has 0 amide bonds. The Hall–Kier alpha value is -1.80. The maximum Gasteiger partial charge on any atom is 0.211 e. The molecule has 1 aliphatic heterocycles. The van der Waals surface area contributed by atoms with Crippen LogP contribution in [0, 0.1) is 0 Å². The second-order valence-electron chi connectivity index (χ2n) is 5.18. The quantitative estimate of drug-likeness (QED) is 0.844. The van der Waals surface area contributed by atoms with E-state index in [2.05, 4.69) is 15.0 Å². The summed E-state index contributed by atoms with van der Waals surface area (Å²) in [5, 5.41) is 0. The standard InChI is InChI=1S/C13H17N5O2S/c1-17-9-7-16-13(17)12-11(14-5-6-15-12)10-4-3-8-18(10)21(2,19)20/h5-7,9-10H,3-4,8H2,1-2H3/t10-/m0/s1.